The van der Waals surface area contributed by atoms with Crippen molar-refractivity contribution < 1.29 is 9.53 Å². The van der Waals surface area contributed by atoms with Crippen LogP contribution in [0.4, 0.5) is 0 Å². The van der Waals surface area contributed by atoms with Gasteiger partial charge in [-0.1, -0.05) is 32.9 Å². The molecular weight excluding hydrogens is 288 g/mol. The van der Waals surface area contributed by atoms with Crippen LogP contribution < -0.4 is 15.8 Å². The van der Waals surface area contributed by atoms with Gasteiger partial charge in [0, 0.05) is 12.0 Å². The first-order valence-electron chi connectivity index (χ1n) is 7.18. The highest BCUT2D eigenvalue weighted by Crippen LogP contribution is 2.18. The van der Waals surface area contributed by atoms with E-state index in [1.807, 2.05) is 26.0 Å². The molecule has 0 spiro atoms. The predicted molar refractivity (Wildman–Crippen MR) is 89.1 cm³/mol. The Morgan fingerprint density at radius 1 is 1.19 bits per heavy atom. The molecule has 0 heterocycles. The van der Waals surface area contributed by atoms with E-state index in [9.17, 15) is 4.79 Å². The Morgan fingerprint density at radius 3 is 2.24 bits per heavy atom. The minimum atomic E-state index is -0.180. The standard InChI is InChI=1S/C16H26N2O2.ClH/c1-11(2)14-5-7-15(8-6-14)20-10-9-18-16(19)12(3)13(4)17;/h5-8,11-13H,9-10,17H2,1-4H3,(H,18,19);1H. The Bertz CT molecular complexity index is 419. The van der Waals surface area contributed by atoms with Gasteiger partial charge in [-0.2, -0.15) is 0 Å². The van der Waals surface area contributed by atoms with Crippen LogP contribution in [0.3, 0.4) is 0 Å². The van der Waals surface area contributed by atoms with Gasteiger partial charge in [0.2, 0.25) is 5.91 Å². The highest BCUT2D eigenvalue weighted by molar-refractivity contribution is 5.85. The van der Waals surface area contributed by atoms with Gasteiger partial charge in [0.15, 0.2) is 0 Å². The van der Waals surface area contributed by atoms with Gasteiger partial charge in [-0.25, -0.2) is 0 Å². The van der Waals surface area contributed by atoms with E-state index in [-0.39, 0.29) is 30.3 Å². The number of nitrogens with two attached hydrogens (primary N) is 1. The lowest BCUT2D eigenvalue weighted by Crippen LogP contribution is -2.40. The molecular formula is C16H27ClN2O2. The molecule has 1 rings (SSSR count). The van der Waals surface area contributed by atoms with Crippen LogP contribution in [0.25, 0.3) is 0 Å². The maximum absolute atomic E-state index is 11.7. The monoisotopic (exact) mass is 314 g/mol. The first-order valence-corrected chi connectivity index (χ1v) is 7.18. The molecule has 0 aromatic heterocycles. The fourth-order valence-electron chi connectivity index (χ4n) is 1.69. The molecule has 3 N–H and O–H groups in total. The van der Waals surface area contributed by atoms with Crippen LogP contribution in [-0.2, 0) is 4.79 Å². The van der Waals surface area contributed by atoms with Crippen LogP contribution in [0.15, 0.2) is 24.3 Å². The van der Waals surface area contributed by atoms with E-state index in [1.54, 1.807) is 0 Å². The van der Waals surface area contributed by atoms with E-state index in [2.05, 4.69) is 31.3 Å². The normalized spacial score (nSPS) is 13.2. The molecule has 0 bridgehead atoms. The van der Waals surface area contributed by atoms with E-state index >= 15 is 0 Å². The van der Waals surface area contributed by atoms with Crippen LogP contribution >= 0.6 is 12.4 Å². The predicted octanol–water partition coefficient (Wildman–Crippen LogP) is 2.71. The van der Waals surface area contributed by atoms with Crippen molar-refractivity contribution in [3.63, 3.8) is 0 Å². The van der Waals surface area contributed by atoms with Crippen molar-refractivity contribution in [3.05, 3.63) is 29.8 Å². The molecule has 5 heteroatoms. The van der Waals surface area contributed by atoms with Gasteiger partial charge < -0.3 is 15.8 Å². The smallest absolute Gasteiger partial charge is 0.224 e. The number of hydrogen-bond acceptors (Lipinski definition) is 3. The molecule has 0 saturated heterocycles. The summed E-state index contributed by atoms with van der Waals surface area (Å²) in [5, 5.41) is 2.82. The van der Waals surface area contributed by atoms with Crippen LogP contribution in [0, 0.1) is 5.92 Å². The number of amides is 1. The fraction of sp³-hybridized carbons (Fsp3) is 0.562. The zero-order chi connectivity index (χ0) is 15.1. The molecule has 21 heavy (non-hydrogen) atoms. The maximum Gasteiger partial charge on any atom is 0.224 e. The second-order valence-corrected chi connectivity index (χ2v) is 5.51. The number of halogens is 1. The third-order valence-electron chi connectivity index (χ3n) is 3.42. The molecule has 4 nitrogen and oxygen atoms in total. The molecule has 1 amide bonds. The topological polar surface area (TPSA) is 64.3 Å². The summed E-state index contributed by atoms with van der Waals surface area (Å²) >= 11 is 0. The minimum Gasteiger partial charge on any atom is -0.492 e. The SMILES string of the molecule is CC(C)c1ccc(OCCNC(=O)C(C)C(C)N)cc1.Cl. The Kier molecular flexibility index (Phi) is 9.06. The van der Waals surface area contributed by atoms with E-state index < -0.39 is 0 Å². The Labute approximate surface area is 133 Å². The summed E-state index contributed by atoms with van der Waals surface area (Å²) in [5.74, 6) is 1.13. The van der Waals surface area contributed by atoms with Gasteiger partial charge in [0.05, 0.1) is 6.54 Å². The van der Waals surface area contributed by atoms with Crippen LogP contribution in [0.5, 0.6) is 5.75 Å². The third-order valence-corrected chi connectivity index (χ3v) is 3.42. The van der Waals surface area contributed by atoms with Crippen LogP contribution in [-0.4, -0.2) is 25.1 Å². The van der Waals surface area contributed by atoms with Gasteiger partial charge in [0.25, 0.3) is 0 Å². The number of hydrogen-bond donors (Lipinski definition) is 2. The molecule has 0 aliphatic heterocycles. The molecule has 0 saturated carbocycles. The summed E-state index contributed by atoms with van der Waals surface area (Å²) in [6.07, 6.45) is 0. The lowest BCUT2D eigenvalue weighted by atomic mass is 10.0. The Morgan fingerprint density at radius 2 is 1.76 bits per heavy atom. The first-order chi connectivity index (χ1) is 9.41. The first kappa shape index (κ1) is 19.7. The molecule has 2 unspecified atom stereocenters. The quantitative estimate of drug-likeness (QED) is 0.761. The molecule has 0 aliphatic rings. The Hall–Kier alpha value is -1.26. The number of benzene rings is 1. The molecule has 1 aromatic carbocycles. The summed E-state index contributed by atoms with van der Waals surface area (Å²) in [6.45, 7) is 8.92. The number of rotatable bonds is 7. The third kappa shape index (κ3) is 6.82. The van der Waals surface area contributed by atoms with Gasteiger partial charge in [-0.3, -0.25) is 4.79 Å². The number of ether oxygens (including phenoxy) is 1. The van der Waals surface area contributed by atoms with Crippen molar-refractivity contribution in [1.29, 1.82) is 0 Å². The fourth-order valence-corrected chi connectivity index (χ4v) is 1.69. The molecule has 0 aliphatic carbocycles. The molecule has 2 atom stereocenters. The number of carbonyl (C=O) groups is 1. The largest absolute Gasteiger partial charge is 0.492 e. The second-order valence-electron chi connectivity index (χ2n) is 5.51. The van der Waals surface area contributed by atoms with Crippen LogP contribution in [0.2, 0.25) is 0 Å². The maximum atomic E-state index is 11.7. The molecule has 0 radical (unpaired) electrons. The molecule has 1 aromatic rings. The van der Waals surface area contributed by atoms with Gasteiger partial charge in [-0.05, 0) is 30.5 Å². The lowest BCUT2D eigenvalue weighted by Gasteiger charge is -2.15. The average Bonchev–Trinajstić information content (AvgIpc) is 2.42. The highest BCUT2D eigenvalue weighted by atomic mass is 35.5. The minimum absolute atomic E-state index is 0. The van der Waals surface area contributed by atoms with E-state index in [4.69, 9.17) is 10.5 Å². The summed E-state index contributed by atoms with van der Waals surface area (Å²) in [6, 6.07) is 7.91. The lowest BCUT2D eigenvalue weighted by molar-refractivity contribution is -0.125. The van der Waals surface area contributed by atoms with Gasteiger partial charge >= 0.3 is 0 Å². The highest BCUT2D eigenvalue weighted by Gasteiger charge is 2.15. The summed E-state index contributed by atoms with van der Waals surface area (Å²) in [7, 11) is 0. The summed E-state index contributed by atoms with van der Waals surface area (Å²) < 4.78 is 5.59. The second kappa shape index (κ2) is 9.64. The summed E-state index contributed by atoms with van der Waals surface area (Å²) in [4.78, 5) is 11.7. The van der Waals surface area contributed by atoms with Crippen molar-refractivity contribution in [2.75, 3.05) is 13.2 Å². The number of carbonyl (C=O) groups excluding carboxylic acids is 1. The van der Waals surface area contributed by atoms with Gasteiger partial charge in [-0.15, -0.1) is 12.4 Å². The van der Waals surface area contributed by atoms with E-state index in [0.29, 0.717) is 19.1 Å². The van der Waals surface area contributed by atoms with Crippen molar-refractivity contribution in [2.45, 2.75) is 39.7 Å². The number of nitrogens with one attached hydrogen (secondary N) is 1. The zero-order valence-electron chi connectivity index (χ0n) is 13.3. The van der Waals surface area contributed by atoms with E-state index in [0.717, 1.165) is 5.75 Å². The molecule has 120 valence electrons. The van der Waals surface area contributed by atoms with E-state index in [1.165, 1.54) is 5.56 Å². The van der Waals surface area contributed by atoms with Crippen molar-refractivity contribution >= 4 is 18.3 Å². The summed E-state index contributed by atoms with van der Waals surface area (Å²) in [5.41, 5.74) is 6.97. The van der Waals surface area contributed by atoms with Crippen molar-refractivity contribution in [3.8, 4) is 5.75 Å². The average molecular weight is 315 g/mol. The van der Waals surface area contributed by atoms with Gasteiger partial charge in [0.1, 0.15) is 12.4 Å². The van der Waals surface area contributed by atoms with Crippen molar-refractivity contribution in [1.82, 2.24) is 5.32 Å². The zero-order valence-corrected chi connectivity index (χ0v) is 14.1. The van der Waals surface area contributed by atoms with Crippen LogP contribution in [0.1, 0.15) is 39.2 Å². The Balaban J connectivity index is 0.00000400. The van der Waals surface area contributed by atoms with Crippen molar-refractivity contribution in [2.24, 2.45) is 11.7 Å². The molecule has 0 fully saturated rings.